The number of carbonyl (C=O) groups is 6. The molecule has 4 saturated heterocycles. The number of likely N-dealkylation sites (tertiary alicyclic amines) is 4. The zero-order valence-corrected chi connectivity index (χ0v) is 46.6. The van der Waals surface area contributed by atoms with Crippen LogP contribution in [0, 0.1) is 11.8 Å². The van der Waals surface area contributed by atoms with Crippen molar-refractivity contribution >= 4 is 35.6 Å². The average molecular weight is 1050 g/mol. The van der Waals surface area contributed by atoms with Gasteiger partial charge in [-0.15, -0.1) is 0 Å². The average Bonchev–Trinajstić information content (AvgIpc) is 4.26. The molecule has 4 fully saturated rings. The van der Waals surface area contributed by atoms with Crippen molar-refractivity contribution in [2.24, 2.45) is 11.8 Å². The summed E-state index contributed by atoms with van der Waals surface area (Å²) in [7, 11) is 3.44. The lowest BCUT2D eigenvalue weighted by Gasteiger charge is -2.30. The SMILES string of the molecule is CCC.CCCCN(C)C(=O)CN1C[C@H](c2ccc3c(c2)CCO3)[C@@H](C(=O)O)[C@@H]1CCCN1CCCC1=O.CCCCN(CCCC)C(=O)CN1C[C@H](c2ccc(OC)cc2)[C@@H](C(=O)O)[C@@H]1CCCN1CCCC1=O. The Balaban J connectivity index is 0.000000264. The minimum absolute atomic E-state index is 0.0327. The van der Waals surface area contributed by atoms with Gasteiger partial charge in [0.2, 0.25) is 23.6 Å². The number of aliphatic carboxylic acids is 2. The molecule has 418 valence electrons. The zero-order valence-electron chi connectivity index (χ0n) is 46.6. The first kappa shape index (κ1) is 60.6. The van der Waals surface area contributed by atoms with Crippen LogP contribution in [0.15, 0.2) is 42.5 Å². The molecule has 0 unspecified atom stereocenters. The smallest absolute Gasteiger partial charge is 0.308 e. The predicted molar refractivity (Wildman–Crippen MR) is 292 cm³/mol. The molecule has 2 aromatic carbocycles. The van der Waals surface area contributed by atoms with E-state index in [2.05, 4.69) is 50.5 Å². The first-order chi connectivity index (χ1) is 36.2. The van der Waals surface area contributed by atoms with Gasteiger partial charge in [-0.25, -0.2) is 0 Å². The van der Waals surface area contributed by atoms with E-state index in [1.165, 1.54) is 6.42 Å². The second-order valence-corrected chi connectivity index (χ2v) is 21.4. The van der Waals surface area contributed by atoms with Gasteiger partial charge in [0.15, 0.2) is 0 Å². The number of ether oxygens (including phenoxy) is 2. The molecule has 0 aromatic heterocycles. The molecule has 0 radical (unpaired) electrons. The summed E-state index contributed by atoms with van der Waals surface area (Å²) in [4.78, 5) is 87.5. The number of likely N-dealkylation sites (N-methyl/N-ethyl adjacent to an activating group) is 1. The molecule has 75 heavy (non-hydrogen) atoms. The van der Waals surface area contributed by atoms with Gasteiger partial charge in [0.05, 0.1) is 38.6 Å². The summed E-state index contributed by atoms with van der Waals surface area (Å²) in [5.41, 5.74) is 3.09. The number of unbranched alkanes of at least 4 members (excludes halogenated alkanes) is 3. The Kier molecular flexibility index (Phi) is 25.2. The van der Waals surface area contributed by atoms with Crippen molar-refractivity contribution in [2.45, 2.75) is 161 Å². The van der Waals surface area contributed by atoms with Crippen LogP contribution in [0.1, 0.15) is 159 Å². The second kappa shape index (κ2) is 31.1. The van der Waals surface area contributed by atoms with E-state index in [-0.39, 0.29) is 60.6 Å². The molecule has 16 heteroatoms. The highest BCUT2D eigenvalue weighted by atomic mass is 16.5. The number of carboxylic acids is 2. The minimum Gasteiger partial charge on any atom is -0.497 e. The Morgan fingerprint density at radius 3 is 1.60 bits per heavy atom. The van der Waals surface area contributed by atoms with Gasteiger partial charge in [0.1, 0.15) is 11.5 Å². The van der Waals surface area contributed by atoms with Gasteiger partial charge in [-0.05, 0) is 92.7 Å². The van der Waals surface area contributed by atoms with E-state index < -0.39 is 23.8 Å². The van der Waals surface area contributed by atoms with E-state index in [1.807, 2.05) is 58.1 Å². The summed E-state index contributed by atoms with van der Waals surface area (Å²) < 4.78 is 10.9. The third-order valence-electron chi connectivity index (χ3n) is 15.8. The maximum atomic E-state index is 13.5. The fourth-order valence-electron chi connectivity index (χ4n) is 11.7. The molecule has 5 aliphatic rings. The number of fused-ring (bicyclic) bond motifs is 1. The summed E-state index contributed by atoms with van der Waals surface area (Å²) in [6.45, 7) is 17.9. The van der Waals surface area contributed by atoms with Crippen molar-refractivity contribution in [1.29, 1.82) is 0 Å². The quantitative estimate of drug-likeness (QED) is 0.0925. The summed E-state index contributed by atoms with van der Waals surface area (Å²) >= 11 is 0. The fourth-order valence-corrected chi connectivity index (χ4v) is 11.7. The number of hydrogen-bond donors (Lipinski definition) is 2. The van der Waals surface area contributed by atoms with Crippen LogP contribution in [0.25, 0.3) is 0 Å². The number of amides is 4. The van der Waals surface area contributed by atoms with E-state index in [0.29, 0.717) is 65.0 Å². The molecule has 0 aliphatic carbocycles. The molecule has 0 spiro atoms. The van der Waals surface area contributed by atoms with Crippen molar-refractivity contribution in [3.8, 4) is 11.5 Å². The lowest BCUT2D eigenvalue weighted by Crippen LogP contribution is -2.45. The number of methoxy groups -OCH3 is 1. The van der Waals surface area contributed by atoms with Crippen LogP contribution in [0.5, 0.6) is 11.5 Å². The van der Waals surface area contributed by atoms with Crippen LogP contribution in [-0.2, 0) is 35.2 Å². The summed E-state index contributed by atoms with van der Waals surface area (Å²) in [6, 6.07) is 13.2. The van der Waals surface area contributed by atoms with Gasteiger partial charge in [-0.2, -0.15) is 0 Å². The van der Waals surface area contributed by atoms with Gasteiger partial charge in [0, 0.05) is 109 Å². The van der Waals surface area contributed by atoms with Gasteiger partial charge in [0.25, 0.3) is 0 Å². The number of carboxylic acid groups (broad SMARTS) is 2. The molecule has 2 aromatic rings. The van der Waals surface area contributed by atoms with Crippen molar-refractivity contribution in [3.63, 3.8) is 0 Å². The van der Waals surface area contributed by atoms with Gasteiger partial charge in [-0.3, -0.25) is 38.6 Å². The largest absolute Gasteiger partial charge is 0.497 e. The van der Waals surface area contributed by atoms with E-state index in [4.69, 9.17) is 9.47 Å². The highest BCUT2D eigenvalue weighted by Gasteiger charge is 2.48. The Hall–Kier alpha value is -5.22. The highest BCUT2D eigenvalue weighted by Crippen LogP contribution is 2.42. The molecular weight excluding hydrogens is 953 g/mol. The fraction of sp³-hybridized carbons (Fsp3) is 0.695. The normalized spacial score (nSPS) is 22.3. The van der Waals surface area contributed by atoms with Gasteiger partial charge < -0.3 is 39.3 Å². The Morgan fingerprint density at radius 1 is 0.653 bits per heavy atom. The molecule has 7 rings (SSSR count). The Morgan fingerprint density at radius 2 is 1.13 bits per heavy atom. The topological polar surface area (TPSA) is 181 Å². The summed E-state index contributed by atoms with van der Waals surface area (Å²) in [5, 5.41) is 20.7. The predicted octanol–water partition coefficient (Wildman–Crippen LogP) is 8.16. The first-order valence-corrected chi connectivity index (χ1v) is 28.6. The third-order valence-corrected chi connectivity index (χ3v) is 15.8. The van der Waals surface area contributed by atoms with Crippen LogP contribution in [0.3, 0.4) is 0 Å². The first-order valence-electron chi connectivity index (χ1n) is 28.6. The van der Waals surface area contributed by atoms with Gasteiger partial charge >= 0.3 is 11.9 Å². The van der Waals surface area contributed by atoms with E-state index >= 15 is 0 Å². The molecule has 5 heterocycles. The maximum Gasteiger partial charge on any atom is 0.308 e. The maximum absolute atomic E-state index is 13.5. The van der Waals surface area contributed by atoms with Gasteiger partial charge in [-0.1, -0.05) is 84.6 Å². The van der Waals surface area contributed by atoms with Crippen molar-refractivity contribution < 1.29 is 48.5 Å². The molecule has 0 saturated carbocycles. The Bertz CT molecular complexity index is 2130. The zero-order chi connectivity index (χ0) is 54.4. The number of hydrogen-bond acceptors (Lipinski definition) is 10. The third kappa shape index (κ3) is 17.1. The van der Waals surface area contributed by atoms with Crippen LogP contribution >= 0.6 is 0 Å². The second-order valence-electron chi connectivity index (χ2n) is 21.4. The van der Waals surface area contributed by atoms with E-state index in [1.54, 1.807) is 12.0 Å². The molecule has 6 atom stereocenters. The summed E-state index contributed by atoms with van der Waals surface area (Å²) in [6.07, 6.45) is 13.8. The standard InChI is InChI=1S/C29H45N3O5.C27H39N3O5.C3H8/c1-4-6-16-31(17-7-5-2)27(34)21-32-20-24(22-12-14-23(37-3)15-13-22)28(29(35)36)25(32)10-8-18-30-19-9-11-26(30)33;1-3-4-12-28(2)25(32)18-30-17-21(19-9-10-23-20(16-19)11-15-35-23)26(27(33)34)22(30)7-5-13-29-14-6-8-24(29)31;1-3-2/h12-15,24-25,28H,4-11,16-21H2,1-3H3,(H,35,36);9-10,16,21-22,26H,3-8,11-15,17-18H2,1-2H3,(H,33,34);3H2,1-2H3/t24-,25+,28-;21-,22+,26-;/m11./s1. The number of nitrogens with zero attached hydrogens (tertiary/aromatic N) is 6. The van der Waals surface area contributed by atoms with Crippen LogP contribution in [-0.4, -0.2) is 180 Å². The highest BCUT2D eigenvalue weighted by molar-refractivity contribution is 5.80. The molecule has 2 N–H and O–H groups in total. The lowest BCUT2D eigenvalue weighted by atomic mass is 9.83. The van der Waals surface area contributed by atoms with Crippen molar-refractivity contribution in [1.82, 2.24) is 29.4 Å². The number of carbonyl (C=O) groups excluding carboxylic acids is 4. The molecule has 4 amide bonds. The molecule has 5 aliphatic heterocycles. The van der Waals surface area contributed by atoms with Crippen LogP contribution < -0.4 is 9.47 Å². The van der Waals surface area contributed by atoms with Crippen molar-refractivity contribution in [2.75, 3.05) is 92.8 Å². The Labute approximate surface area is 448 Å². The lowest BCUT2D eigenvalue weighted by molar-refractivity contribution is -0.144. The molecule has 0 bridgehead atoms. The van der Waals surface area contributed by atoms with E-state index in [9.17, 15) is 39.0 Å². The minimum atomic E-state index is -0.827. The van der Waals surface area contributed by atoms with E-state index in [0.717, 1.165) is 125 Å². The van der Waals surface area contributed by atoms with Crippen LogP contribution in [0.4, 0.5) is 0 Å². The molecular formula is C59H92N6O10. The van der Waals surface area contributed by atoms with Crippen molar-refractivity contribution in [3.05, 3.63) is 59.2 Å². The number of rotatable bonds is 26. The summed E-state index contributed by atoms with van der Waals surface area (Å²) in [5.74, 6) is -1.15. The number of benzene rings is 2. The molecule has 16 nitrogen and oxygen atoms in total. The van der Waals surface area contributed by atoms with Crippen LogP contribution in [0.2, 0.25) is 0 Å². The monoisotopic (exact) mass is 1040 g/mol.